The van der Waals surface area contributed by atoms with Gasteiger partial charge in [-0.05, 0) is 18.2 Å². The van der Waals surface area contributed by atoms with Gasteiger partial charge < -0.3 is 9.64 Å². The SMILES string of the molecule is COCC1CN(S(=O)(=O)N(C)C)CCN1c1ccc(C#N)c(C(F)(F)F)c1. The molecule has 0 N–H and O–H groups in total. The Bertz CT molecular complexity index is 821. The molecule has 0 aromatic heterocycles. The molecule has 0 aliphatic carbocycles. The molecule has 2 rings (SSSR count). The van der Waals surface area contributed by atoms with Gasteiger partial charge in [0.2, 0.25) is 0 Å². The number of hydrogen-bond donors (Lipinski definition) is 0. The molecule has 11 heteroatoms. The van der Waals surface area contributed by atoms with Gasteiger partial charge in [-0.15, -0.1) is 0 Å². The predicted octanol–water partition coefficient (Wildman–Crippen LogP) is 1.52. The number of benzene rings is 1. The third kappa shape index (κ3) is 4.52. The van der Waals surface area contributed by atoms with E-state index in [1.54, 1.807) is 11.0 Å². The van der Waals surface area contributed by atoms with Crippen molar-refractivity contribution < 1.29 is 26.3 Å². The van der Waals surface area contributed by atoms with Crippen LogP contribution in [0, 0.1) is 11.3 Å². The topological polar surface area (TPSA) is 76.9 Å². The maximum absolute atomic E-state index is 13.2. The van der Waals surface area contributed by atoms with Gasteiger partial charge in [-0.2, -0.15) is 35.5 Å². The molecule has 1 heterocycles. The van der Waals surface area contributed by atoms with Gasteiger partial charge in [0.05, 0.1) is 29.8 Å². The van der Waals surface area contributed by atoms with E-state index in [4.69, 9.17) is 10.00 Å². The lowest BCUT2D eigenvalue weighted by atomic mass is 10.0. The van der Waals surface area contributed by atoms with Crippen molar-refractivity contribution in [3.8, 4) is 6.07 Å². The van der Waals surface area contributed by atoms with Crippen LogP contribution < -0.4 is 4.90 Å². The third-order valence-electron chi connectivity index (χ3n) is 4.35. The highest BCUT2D eigenvalue weighted by Gasteiger charge is 2.37. The van der Waals surface area contributed by atoms with Crippen molar-refractivity contribution in [2.24, 2.45) is 0 Å². The minimum Gasteiger partial charge on any atom is -0.383 e. The second kappa shape index (κ2) is 8.02. The van der Waals surface area contributed by atoms with E-state index in [0.717, 1.165) is 16.4 Å². The fourth-order valence-electron chi connectivity index (χ4n) is 2.99. The summed E-state index contributed by atoms with van der Waals surface area (Å²) in [6.07, 6.45) is -4.66. The predicted molar refractivity (Wildman–Crippen MR) is 93.3 cm³/mol. The molecule has 150 valence electrons. The van der Waals surface area contributed by atoms with E-state index in [-0.39, 0.29) is 31.9 Å². The smallest absolute Gasteiger partial charge is 0.383 e. The van der Waals surface area contributed by atoms with Crippen LogP contribution in [0.25, 0.3) is 0 Å². The average Bonchev–Trinajstić information content (AvgIpc) is 2.60. The van der Waals surface area contributed by atoms with Crippen molar-refractivity contribution in [3.05, 3.63) is 29.3 Å². The molecule has 7 nitrogen and oxygen atoms in total. The van der Waals surface area contributed by atoms with Crippen LogP contribution in [0.5, 0.6) is 0 Å². The first-order valence-electron chi connectivity index (χ1n) is 8.07. The number of piperazine rings is 1. The molecule has 1 aliphatic rings. The Labute approximate surface area is 156 Å². The maximum atomic E-state index is 13.2. The summed E-state index contributed by atoms with van der Waals surface area (Å²) in [6.45, 7) is 0.545. The summed E-state index contributed by atoms with van der Waals surface area (Å²) in [4.78, 5) is 1.68. The van der Waals surface area contributed by atoms with Gasteiger partial charge in [-0.25, -0.2) is 0 Å². The second-order valence-corrected chi connectivity index (χ2v) is 8.43. The fourth-order valence-corrected chi connectivity index (χ4v) is 4.12. The zero-order valence-electron chi connectivity index (χ0n) is 15.2. The molecular formula is C16H21F3N4O3S. The standard InChI is InChI=1S/C16H21F3N4O3S/c1-21(2)27(24,25)22-6-7-23(14(10-22)11-26-3)13-5-4-12(9-20)15(8-13)16(17,18)19/h4-5,8,14H,6-7,10-11H2,1-3H3. The highest BCUT2D eigenvalue weighted by Crippen LogP contribution is 2.35. The van der Waals surface area contributed by atoms with Gasteiger partial charge >= 0.3 is 6.18 Å². The third-order valence-corrected chi connectivity index (χ3v) is 6.26. The maximum Gasteiger partial charge on any atom is 0.417 e. The Hall–Kier alpha value is -1.87. The minimum atomic E-state index is -4.66. The molecule has 1 aromatic carbocycles. The number of alkyl halides is 3. The molecule has 0 saturated carbocycles. The van der Waals surface area contributed by atoms with Gasteiger partial charge in [0.25, 0.3) is 10.2 Å². The molecule has 27 heavy (non-hydrogen) atoms. The van der Waals surface area contributed by atoms with Crippen LogP contribution in [0.3, 0.4) is 0 Å². The molecule has 0 bridgehead atoms. The molecular weight excluding hydrogens is 385 g/mol. The number of halogens is 3. The zero-order valence-corrected chi connectivity index (χ0v) is 16.0. The molecule has 0 amide bonds. The molecule has 1 aromatic rings. The first-order valence-corrected chi connectivity index (χ1v) is 9.46. The number of ether oxygens (including phenoxy) is 1. The number of methoxy groups -OCH3 is 1. The van der Waals surface area contributed by atoms with E-state index in [1.807, 2.05) is 0 Å². The first kappa shape index (κ1) is 21.4. The number of hydrogen-bond acceptors (Lipinski definition) is 5. The van der Waals surface area contributed by atoms with E-state index in [2.05, 4.69) is 0 Å². The van der Waals surface area contributed by atoms with Gasteiger partial charge in [-0.1, -0.05) is 0 Å². The van der Waals surface area contributed by atoms with Crippen LogP contribution in [0.15, 0.2) is 18.2 Å². The van der Waals surface area contributed by atoms with Crippen LogP contribution in [-0.2, 0) is 21.1 Å². The van der Waals surface area contributed by atoms with E-state index in [9.17, 15) is 21.6 Å². The first-order chi connectivity index (χ1) is 12.5. The quantitative estimate of drug-likeness (QED) is 0.741. The Morgan fingerprint density at radius 3 is 2.52 bits per heavy atom. The second-order valence-electron chi connectivity index (χ2n) is 6.29. The molecule has 1 saturated heterocycles. The lowest BCUT2D eigenvalue weighted by Gasteiger charge is -2.42. The number of nitrogens with zero attached hydrogens (tertiary/aromatic N) is 4. The molecule has 1 atom stereocenters. The van der Waals surface area contributed by atoms with Crippen LogP contribution in [0.1, 0.15) is 11.1 Å². The molecule has 1 aliphatic heterocycles. The highest BCUT2D eigenvalue weighted by atomic mass is 32.2. The monoisotopic (exact) mass is 406 g/mol. The van der Waals surface area contributed by atoms with E-state index in [1.165, 1.54) is 31.6 Å². The van der Waals surface area contributed by atoms with E-state index >= 15 is 0 Å². The number of rotatable bonds is 5. The van der Waals surface area contributed by atoms with Crippen molar-refractivity contribution in [1.82, 2.24) is 8.61 Å². The Morgan fingerprint density at radius 2 is 2.00 bits per heavy atom. The normalized spacial score (nSPS) is 19.3. The van der Waals surface area contributed by atoms with Crippen molar-refractivity contribution in [3.63, 3.8) is 0 Å². The van der Waals surface area contributed by atoms with Crippen molar-refractivity contribution in [1.29, 1.82) is 5.26 Å². The van der Waals surface area contributed by atoms with E-state index in [0.29, 0.717) is 0 Å². The van der Waals surface area contributed by atoms with Crippen LogP contribution in [-0.4, -0.2) is 70.5 Å². The number of nitriles is 1. The molecule has 0 radical (unpaired) electrons. The Kier molecular flexibility index (Phi) is 6.36. The van der Waals surface area contributed by atoms with E-state index < -0.39 is 33.6 Å². The lowest BCUT2D eigenvalue weighted by Crippen LogP contribution is -2.58. The Balaban J connectivity index is 2.37. The summed E-state index contributed by atoms with van der Waals surface area (Å²) < 4.78 is 72.0. The van der Waals surface area contributed by atoms with Crippen molar-refractivity contribution >= 4 is 15.9 Å². The highest BCUT2D eigenvalue weighted by molar-refractivity contribution is 7.86. The van der Waals surface area contributed by atoms with Crippen molar-refractivity contribution in [2.75, 3.05) is 52.3 Å². The summed E-state index contributed by atoms with van der Waals surface area (Å²) in [6, 6.07) is 4.58. The Morgan fingerprint density at radius 1 is 1.33 bits per heavy atom. The summed E-state index contributed by atoms with van der Waals surface area (Å²) >= 11 is 0. The molecule has 1 fully saturated rings. The summed E-state index contributed by atoms with van der Waals surface area (Å²) in [5.74, 6) is 0. The fraction of sp³-hybridized carbons (Fsp3) is 0.562. The number of anilines is 1. The van der Waals surface area contributed by atoms with Gasteiger partial charge in [-0.3, -0.25) is 0 Å². The van der Waals surface area contributed by atoms with Crippen molar-refractivity contribution in [2.45, 2.75) is 12.2 Å². The van der Waals surface area contributed by atoms with Gasteiger partial charge in [0.1, 0.15) is 0 Å². The van der Waals surface area contributed by atoms with Gasteiger partial charge in [0, 0.05) is 46.5 Å². The summed E-state index contributed by atoms with van der Waals surface area (Å²) in [5, 5.41) is 8.93. The van der Waals surface area contributed by atoms with Crippen LogP contribution in [0.2, 0.25) is 0 Å². The lowest BCUT2D eigenvalue weighted by molar-refractivity contribution is -0.137. The summed E-state index contributed by atoms with van der Waals surface area (Å²) in [5.41, 5.74) is -1.20. The van der Waals surface area contributed by atoms with Crippen LogP contribution in [0.4, 0.5) is 18.9 Å². The minimum absolute atomic E-state index is 0.0791. The van der Waals surface area contributed by atoms with Crippen LogP contribution >= 0.6 is 0 Å². The average molecular weight is 406 g/mol. The van der Waals surface area contributed by atoms with Gasteiger partial charge in [0.15, 0.2) is 0 Å². The summed E-state index contributed by atoms with van der Waals surface area (Å²) in [7, 11) is 0.644. The zero-order chi connectivity index (χ0) is 20.4. The molecule has 0 spiro atoms. The largest absolute Gasteiger partial charge is 0.417 e. The molecule has 1 unspecified atom stereocenters.